The fourth-order valence-electron chi connectivity index (χ4n) is 1.23. The Kier molecular flexibility index (Phi) is 4.09. The van der Waals surface area contributed by atoms with E-state index in [2.05, 4.69) is 16.4 Å². The van der Waals surface area contributed by atoms with Crippen LogP contribution in [-0.4, -0.2) is 11.2 Å². The minimum absolute atomic E-state index is 0.767. The van der Waals surface area contributed by atoms with Crippen LogP contribution < -0.4 is 5.32 Å². The van der Waals surface area contributed by atoms with Crippen LogP contribution in [0, 0.1) is 0 Å². The van der Waals surface area contributed by atoms with Crippen molar-refractivity contribution in [2.24, 2.45) is 0 Å². The van der Waals surface area contributed by atoms with Crippen molar-refractivity contribution in [2.45, 2.75) is 11.4 Å². The first-order valence-corrected chi connectivity index (χ1v) is 7.18. The summed E-state index contributed by atoms with van der Waals surface area (Å²) in [5, 5.41) is 3.26. The summed E-state index contributed by atoms with van der Waals surface area (Å²) in [5.41, 5.74) is 0. The summed E-state index contributed by atoms with van der Waals surface area (Å²) in [6.45, 7) is 0.767. The molecule has 2 nitrogen and oxygen atoms in total. The van der Waals surface area contributed by atoms with E-state index in [0.717, 1.165) is 16.7 Å². The number of thiophene rings is 1. The zero-order valence-corrected chi connectivity index (χ0v) is 11.1. The molecule has 0 bridgehead atoms. The molecule has 2 heterocycles. The summed E-state index contributed by atoms with van der Waals surface area (Å²) in [7, 11) is 0. The lowest BCUT2D eigenvalue weighted by molar-refractivity contribution is 1.12. The number of anilines is 1. The van der Waals surface area contributed by atoms with Crippen molar-refractivity contribution >= 4 is 40.5 Å². The first kappa shape index (κ1) is 11.8. The standard InChI is InChI=1S/C11H11ClN2S2/c1-15-8-3-5-11(13-6-8)14-7-9-2-4-10(12)16-9/h2-6H,7H2,1H3,(H,13,14). The Morgan fingerprint density at radius 3 is 2.81 bits per heavy atom. The van der Waals surface area contributed by atoms with Gasteiger partial charge in [-0.25, -0.2) is 4.98 Å². The van der Waals surface area contributed by atoms with Crippen LogP contribution in [0.5, 0.6) is 0 Å². The Bertz CT molecular complexity index is 453. The van der Waals surface area contributed by atoms with Gasteiger partial charge in [0, 0.05) is 16.0 Å². The third-order valence-corrected chi connectivity index (χ3v) is 3.99. The molecule has 0 atom stereocenters. The molecule has 2 rings (SSSR count). The van der Waals surface area contributed by atoms with Gasteiger partial charge in [0.15, 0.2) is 0 Å². The second-order valence-electron chi connectivity index (χ2n) is 3.14. The van der Waals surface area contributed by atoms with Gasteiger partial charge in [0.05, 0.1) is 10.9 Å². The molecule has 0 aromatic carbocycles. The Hall–Kier alpha value is -0.710. The molecule has 2 aromatic heterocycles. The molecule has 5 heteroatoms. The van der Waals surface area contributed by atoms with E-state index >= 15 is 0 Å². The van der Waals surface area contributed by atoms with Gasteiger partial charge in [0.1, 0.15) is 5.82 Å². The van der Waals surface area contributed by atoms with Crippen molar-refractivity contribution in [1.29, 1.82) is 0 Å². The Balaban J connectivity index is 1.94. The molecule has 0 aliphatic heterocycles. The fourth-order valence-corrected chi connectivity index (χ4v) is 2.62. The van der Waals surface area contributed by atoms with E-state index in [4.69, 9.17) is 11.6 Å². The third-order valence-electron chi connectivity index (χ3n) is 2.04. The molecule has 84 valence electrons. The zero-order chi connectivity index (χ0) is 11.4. The van der Waals surface area contributed by atoms with Crippen LogP contribution in [0.1, 0.15) is 4.88 Å². The zero-order valence-electron chi connectivity index (χ0n) is 8.74. The predicted molar refractivity (Wildman–Crippen MR) is 72.7 cm³/mol. The highest BCUT2D eigenvalue weighted by Gasteiger charge is 1.99. The highest BCUT2D eigenvalue weighted by atomic mass is 35.5. The molecule has 0 saturated heterocycles. The van der Waals surface area contributed by atoms with Gasteiger partial charge in [-0.2, -0.15) is 0 Å². The van der Waals surface area contributed by atoms with Crippen LogP contribution >= 0.6 is 34.7 Å². The largest absolute Gasteiger partial charge is 0.365 e. The molecular weight excluding hydrogens is 260 g/mol. The van der Waals surface area contributed by atoms with Gasteiger partial charge in [-0.3, -0.25) is 0 Å². The van der Waals surface area contributed by atoms with E-state index in [9.17, 15) is 0 Å². The average molecular weight is 271 g/mol. The summed E-state index contributed by atoms with van der Waals surface area (Å²) in [6, 6.07) is 7.98. The highest BCUT2D eigenvalue weighted by Crippen LogP contribution is 2.22. The SMILES string of the molecule is CSc1ccc(NCc2ccc(Cl)s2)nc1. The molecule has 1 N–H and O–H groups in total. The average Bonchev–Trinajstić information content (AvgIpc) is 2.73. The lowest BCUT2D eigenvalue weighted by atomic mass is 10.4. The number of hydrogen-bond acceptors (Lipinski definition) is 4. The molecule has 0 amide bonds. The monoisotopic (exact) mass is 270 g/mol. The number of rotatable bonds is 4. The number of hydrogen-bond donors (Lipinski definition) is 1. The van der Waals surface area contributed by atoms with Crippen LogP contribution in [0.2, 0.25) is 4.34 Å². The molecule has 0 aliphatic carbocycles. The second kappa shape index (κ2) is 5.57. The predicted octanol–water partition coefficient (Wildman–Crippen LogP) is 4.13. The Morgan fingerprint density at radius 1 is 1.38 bits per heavy atom. The Morgan fingerprint density at radius 2 is 2.25 bits per heavy atom. The van der Waals surface area contributed by atoms with E-state index in [-0.39, 0.29) is 0 Å². The van der Waals surface area contributed by atoms with Gasteiger partial charge in [-0.15, -0.1) is 23.1 Å². The number of halogens is 1. The molecule has 0 radical (unpaired) electrons. The van der Waals surface area contributed by atoms with E-state index in [1.165, 1.54) is 9.77 Å². The van der Waals surface area contributed by atoms with Gasteiger partial charge in [0.25, 0.3) is 0 Å². The topological polar surface area (TPSA) is 24.9 Å². The smallest absolute Gasteiger partial charge is 0.126 e. The van der Waals surface area contributed by atoms with Gasteiger partial charge in [-0.05, 0) is 30.5 Å². The second-order valence-corrected chi connectivity index (χ2v) is 5.82. The van der Waals surface area contributed by atoms with Crippen LogP contribution in [0.15, 0.2) is 35.4 Å². The lowest BCUT2D eigenvalue weighted by Gasteiger charge is -2.03. The first-order valence-electron chi connectivity index (χ1n) is 4.76. The maximum Gasteiger partial charge on any atom is 0.126 e. The highest BCUT2D eigenvalue weighted by molar-refractivity contribution is 7.98. The summed E-state index contributed by atoms with van der Waals surface area (Å²) < 4.78 is 0.822. The molecule has 0 aliphatic rings. The van der Waals surface area contributed by atoms with Gasteiger partial charge < -0.3 is 5.32 Å². The quantitative estimate of drug-likeness (QED) is 0.846. The molecular formula is C11H11ClN2S2. The van der Waals surface area contributed by atoms with Gasteiger partial charge in [-0.1, -0.05) is 11.6 Å². The van der Waals surface area contributed by atoms with E-state index in [1.54, 1.807) is 23.1 Å². The molecule has 0 fully saturated rings. The number of aromatic nitrogens is 1. The van der Waals surface area contributed by atoms with E-state index < -0.39 is 0 Å². The normalized spacial score (nSPS) is 10.4. The molecule has 16 heavy (non-hydrogen) atoms. The van der Waals surface area contributed by atoms with Crippen molar-refractivity contribution in [1.82, 2.24) is 4.98 Å². The lowest BCUT2D eigenvalue weighted by Crippen LogP contribution is -1.99. The van der Waals surface area contributed by atoms with Gasteiger partial charge >= 0.3 is 0 Å². The van der Waals surface area contributed by atoms with Crippen molar-refractivity contribution in [3.8, 4) is 0 Å². The van der Waals surface area contributed by atoms with Crippen LogP contribution in [0.25, 0.3) is 0 Å². The summed E-state index contributed by atoms with van der Waals surface area (Å²) in [4.78, 5) is 6.69. The number of nitrogens with one attached hydrogen (secondary N) is 1. The summed E-state index contributed by atoms with van der Waals surface area (Å²) >= 11 is 9.13. The number of thioether (sulfide) groups is 1. The summed E-state index contributed by atoms with van der Waals surface area (Å²) in [6.07, 6.45) is 3.91. The number of pyridine rings is 1. The van der Waals surface area contributed by atoms with E-state index in [0.29, 0.717) is 0 Å². The van der Waals surface area contributed by atoms with E-state index in [1.807, 2.05) is 30.7 Å². The maximum absolute atomic E-state index is 5.85. The Labute approximate surface area is 108 Å². The van der Waals surface area contributed by atoms with Crippen LogP contribution in [-0.2, 0) is 6.54 Å². The molecule has 2 aromatic rings. The maximum atomic E-state index is 5.85. The third kappa shape index (κ3) is 3.14. The first-order chi connectivity index (χ1) is 7.78. The van der Waals surface area contributed by atoms with Crippen molar-refractivity contribution in [2.75, 3.05) is 11.6 Å². The summed E-state index contributed by atoms with van der Waals surface area (Å²) in [5.74, 6) is 0.891. The van der Waals surface area contributed by atoms with Crippen molar-refractivity contribution in [3.05, 3.63) is 39.7 Å². The molecule has 0 unspecified atom stereocenters. The van der Waals surface area contributed by atoms with Crippen LogP contribution in [0.3, 0.4) is 0 Å². The van der Waals surface area contributed by atoms with Gasteiger partial charge in [0.2, 0.25) is 0 Å². The fraction of sp³-hybridized carbons (Fsp3) is 0.182. The van der Waals surface area contributed by atoms with Crippen molar-refractivity contribution in [3.63, 3.8) is 0 Å². The minimum Gasteiger partial charge on any atom is -0.365 e. The van der Waals surface area contributed by atoms with Crippen LogP contribution in [0.4, 0.5) is 5.82 Å². The minimum atomic E-state index is 0.767. The number of nitrogens with zero attached hydrogens (tertiary/aromatic N) is 1. The molecule has 0 spiro atoms. The van der Waals surface area contributed by atoms with Crippen molar-refractivity contribution < 1.29 is 0 Å². The molecule has 0 saturated carbocycles.